The van der Waals surface area contributed by atoms with E-state index < -0.39 is 24.1 Å². The van der Waals surface area contributed by atoms with Crippen molar-refractivity contribution in [3.05, 3.63) is 29.5 Å². The van der Waals surface area contributed by atoms with E-state index in [4.69, 9.17) is 18.9 Å². The Balaban J connectivity index is 1.46. The minimum atomic E-state index is -0.629. The second kappa shape index (κ2) is 9.86. The molecule has 1 saturated carbocycles. The number of ether oxygens (including phenoxy) is 4. The van der Waals surface area contributed by atoms with Crippen molar-refractivity contribution in [2.75, 3.05) is 34.4 Å². The summed E-state index contributed by atoms with van der Waals surface area (Å²) in [5, 5.41) is 1.22. The normalized spacial score (nSPS) is 29.6. The number of carbonyl (C=O) groups is 3. The van der Waals surface area contributed by atoms with Crippen LogP contribution in [0, 0.1) is 17.8 Å². The molecular weight excluding hydrogens is 464 g/mol. The van der Waals surface area contributed by atoms with Crippen molar-refractivity contribution in [2.24, 2.45) is 17.8 Å². The van der Waals surface area contributed by atoms with Gasteiger partial charge in [-0.2, -0.15) is 0 Å². The molecule has 3 aliphatic rings. The summed E-state index contributed by atoms with van der Waals surface area (Å²) in [6.07, 6.45) is 0.774. The quantitative estimate of drug-likeness (QED) is 0.479. The van der Waals surface area contributed by atoms with Crippen LogP contribution in [0.5, 0.6) is 5.75 Å². The Morgan fingerprint density at radius 2 is 1.94 bits per heavy atom. The van der Waals surface area contributed by atoms with E-state index in [0.29, 0.717) is 6.42 Å². The van der Waals surface area contributed by atoms with E-state index in [-0.39, 0.29) is 36.1 Å². The number of nitrogens with zero attached hydrogens (tertiary/aromatic N) is 1. The van der Waals surface area contributed by atoms with Crippen LogP contribution in [0.4, 0.5) is 0 Å². The van der Waals surface area contributed by atoms with Crippen molar-refractivity contribution in [1.82, 2.24) is 9.88 Å². The fourth-order valence-corrected chi connectivity index (χ4v) is 6.77. The van der Waals surface area contributed by atoms with Crippen LogP contribution in [0.3, 0.4) is 0 Å². The third-order valence-electron chi connectivity index (χ3n) is 8.28. The first-order valence-electron chi connectivity index (χ1n) is 12.6. The topological polar surface area (TPSA) is 107 Å². The number of nitrogens with one attached hydrogen (secondary N) is 1. The van der Waals surface area contributed by atoms with E-state index in [2.05, 4.69) is 16.0 Å². The van der Waals surface area contributed by atoms with Crippen molar-refractivity contribution in [2.45, 2.75) is 50.9 Å². The van der Waals surface area contributed by atoms with Crippen molar-refractivity contribution >= 4 is 28.6 Å². The second-order valence-electron chi connectivity index (χ2n) is 10.2. The summed E-state index contributed by atoms with van der Waals surface area (Å²) >= 11 is 0. The molecule has 0 amide bonds. The van der Waals surface area contributed by atoms with Gasteiger partial charge in [-0.15, -0.1) is 0 Å². The summed E-state index contributed by atoms with van der Waals surface area (Å²) < 4.78 is 22.1. The van der Waals surface area contributed by atoms with Crippen LogP contribution in [-0.2, 0) is 35.0 Å². The highest BCUT2D eigenvalue weighted by Gasteiger charge is 2.54. The first kappa shape index (κ1) is 24.8. The Kier molecular flexibility index (Phi) is 6.78. The van der Waals surface area contributed by atoms with Crippen LogP contribution in [0.2, 0.25) is 0 Å². The Morgan fingerprint density at radius 3 is 2.64 bits per heavy atom. The zero-order valence-electron chi connectivity index (χ0n) is 21.2. The number of esters is 2. The molecule has 1 aromatic carbocycles. The summed E-state index contributed by atoms with van der Waals surface area (Å²) in [6, 6.07) is 6.28. The van der Waals surface area contributed by atoms with Crippen LogP contribution in [0.1, 0.15) is 43.5 Å². The highest BCUT2D eigenvalue weighted by atomic mass is 16.6. The number of aromatic nitrogens is 1. The lowest BCUT2D eigenvalue weighted by Crippen LogP contribution is -2.58. The molecule has 0 radical (unpaired) electrons. The van der Waals surface area contributed by atoms with E-state index in [1.165, 1.54) is 37.8 Å². The Morgan fingerprint density at radius 1 is 1.14 bits per heavy atom. The number of piperidine rings is 1. The van der Waals surface area contributed by atoms with Gasteiger partial charge in [0.2, 0.25) is 0 Å². The van der Waals surface area contributed by atoms with Gasteiger partial charge in [-0.25, -0.2) is 0 Å². The zero-order valence-corrected chi connectivity index (χ0v) is 21.2. The van der Waals surface area contributed by atoms with Crippen LogP contribution in [-0.4, -0.2) is 74.2 Å². The molecule has 0 bridgehead atoms. The van der Waals surface area contributed by atoms with Crippen LogP contribution in [0.15, 0.2) is 18.2 Å². The van der Waals surface area contributed by atoms with E-state index in [0.717, 1.165) is 37.2 Å². The minimum absolute atomic E-state index is 0.0123. The van der Waals surface area contributed by atoms with Gasteiger partial charge in [0.05, 0.1) is 26.2 Å². The standard InChI is InChI=1S/C27H34N2O7/c1-14(30)9-23(31)36-22-10-15-13-29-8-7-18-17-6-5-16(33-2)11-20(17)28-25(18)21(29)12-19(15)24(26(22)34-3)27(32)35-4/h5-6,11,15,19,21-22,24,26,28H,7-10,12-13H2,1-4H3/t15-,19+,21-,22-,24+,26+/m1/s1. The molecule has 9 nitrogen and oxygen atoms in total. The summed E-state index contributed by atoms with van der Waals surface area (Å²) in [6.45, 7) is 3.07. The molecule has 1 saturated heterocycles. The van der Waals surface area contributed by atoms with Gasteiger partial charge >= 0.3 is 11.9 Å². The lowest BCUT2D eigenvalue weighted by atomic mass is 9.63. The Hall–Kier alpha value is -2.91. The molecule has 194 valence electrons. The maximum Gasteiger partial charge on any atom is 0.313 e. The maximum absolute atomic E-state index is 13.1. The predicted molar refractivity (Wildman–Crippen MR) is 131 cm³/mol. The number of hydrogen-bond acceptors (Lipinski definition) is 8. The summed E-state index contributed by atoms with van der Waals surface area (Å²) in [7, 11) is 4.58. The van der Waals surface area contributed by atoms with Crippen molar-refractivity contribution < 1.29 is 33.3 Å². The Bertz CT molecular complexity index is 1170. The molecule has 5 rings (SSSR count). The fraction of sp³-hybridized carbons (Fsp3) is 0.593. The molecule has 2 aliphatic heterocycles. The van der Waals surface area contributed by atoms with E-state index in [9.17, 15) is 14.4 Å². The molecule has 1 aliphatic carbocycles. The van der Waals surface area contributed by atoms with Crippen LogP contribution in [0.25, 0.3) is 10.9 Å². The molecule has 0 spiro atoms. The van der Waals surface area contributed by atoms with Gasteiger partial charge in [0, 0.05) is 42.9 Å². The molecule has 36 heavy (non-hydrogen) atoms. The number of hydrogen-bond donors (Lipinski definition) is 1. The van der Waals surface area contributed by atoms with Crippen molar-refractivity contribution in [3.8, 4) is 5.75 Å². The first-order chi connectivity index (χ1) is 17.3. The van der Waals surface area contributed by atoms with Gasteiger partial charge < -0.3 is 23.9 Å². The second-order valence-corrected chi connectivity index (χ2v) is 10.2. The van der Waals surface area contributed by atoms with Crippen molar-refractivity contribution in [3.63, 3.8) is 0 Å². The number of methoxy groups -OCH3 is 3. The van der Waals surface area contributed by atoms with Gasteiger partial charge in [-0.3, -0.25) is 19.3 Å². The SMILES string of the molecule is COC(=O)[C@H]1[C@H]2C[C@@H]3c4[nH]c5cc(OC)ccc5c4CCN3C[C@H]2C[C@@H](OC(=O)CC(C)=O)[C@@H]1OC. The lowest BCUT2D eigenvalue weighted by Gasteiger charge is -2.52. The predicted octanol–water partition coefficient (Wildman–Crippen LogP) is 2.81. The van der Waals surface area contributed by atoms with Gasteiger partial charge in [0.25, 0.3) is 0 Å². The number of aromatic amines is 1. The largest absolute Gasteiger partial charge is 0.497 e. The molecule has 2 aromatic rings. The highest BCUT2D eigenvalue weighted by Crippen LogP contribution is 2.50. The molecule has 1 aromatic heterocycles. The highest BCUT2D eigenvalue weighted by molar-refractivity contribution is 5.94. The third-order valence-corrected chi connectivity index (χ3v) is 8.28. The average molecular weight is 499 g/mol. The fourth-order valence-electron chi connectivity index (χ4n) is 6.77. The van der Waals surface area contributed by atoms with E-state index in [1.807, 2.05) is 12.1 Å². The number of rotatable bonds is 6. The van der Waals surface area contributed by atoms with Crippen LogP contribution >= 0.6 is 0 Å². The van der Waals surface area contributed by atoms with Gasteiger partial charge in [-0.1, -0.05) is 0 Å². The number of Topliss-reactive ketones (excluding diaryl/α,β-unsaturated/α-hetero) is 1. The molecule has 3 heterocycles. The molecule has 6 atom stereocenters. The number of benzene rings is 1. The zero-order chi connectivity index (χ0) is 25.6. The minimum Gasteiger partial charge on any atom is -0.497 e. The molecule has 9 heteroatoms. The summed E-state index contributed by atoms with van der Waals surface area (Å²) in [4.78, 5) is 43.0. The number of fused-ring (bicyclic) bond motifs is 6. The summed E-state index contributed by atoms with van der Waals surface area (Å²) in [5.74, 6) is -0.792. The monoisotopic (exact) mass is 498 g/mol. The molecular formula is C27H34N2O7. The third kappa shape index (κ3) is 4.28. The van der Waals surface area contributed by atoms with Crippen LogP contribution < -0.4 is 4.74 Å². The Labute approximate surface area is 210 Å². The van der Waals surface area contributed by atoms with E-state index in [1.54, 1.807) is 7.11 Å². The molecule has 0 unspecified atom stereocenters. The first-order valence-corrected chi connectivity index (χ1v) is 12.6. The lowest BCUT2D eigenvalue weighted by molar-refractivity contribution is -0.189. The smallest absolute Gasteiger partial charge is 0.313 e. The van der Waals surface area contributed by atoms with E-state index >= 15 is 0 Å². The van der Waals surface area contributed by atoms with Gasteiger partial charge in [0.15, 0.2) is 0 Å². The molecule has 2 fully saturated rings. The maximum atomic E-state index is 13.1. The summed E-state index contributed by atoms with van der Waals surface area (Å²) in [5.41, 5.74) is 3.59. The number of carbonyl (C=O) groups excluding carboxylic acids is 3. The van der Waals surface area contributed by atoms with Gasteiger partial charge in [0.1, 0.15) is 30.2 Å². The average Bonchev–Trinajstić information content (AvgIpc) is 3.24. The van der Waals surface area contributed by atoms with Crippen molar-refractivity contribution in [1.29, 1.82) is 0 Å². The molecule has 1 N–H and O–H groups in total. The number of H-pyrrole nitrogens is 1. The van der Waals surface area contributed by atoms with Gasteiger partial charge in [-0.05, 0) is 55.7 Å². The number of ketones is 1.